The molecular formula is C13H27N3O2S. The third-order valence-corrected chi connectivity index (χ3v) is 6.57. The molecule has 0 aromatic heterocycles. The molecule has 0 saturated carbocycles. The van der Waals surface area contributed by atoms with Gasteiger partial charge in [-0.3, -0.25) is 9.80 Å². The van der Waals surface area contributed by atoms with Crippen LogP contribution < -0.4 is 5.73 Å². The quantitative estimate of drug-likeness (QED) is 0.787. The summed E-state index contributed by atoms with van der Waals surface area (Å²) >= 11 is 0. The fourth-order valence-corrected chi connectivity index (χ4v) is 5.42. The molecule has 2 N–H and O–H groups in total. The van der Waals surface area contributed by atoms with E-state index in [0.29, 0.717) is 18.3 Å². The van der Waals surface area contributed by atoms with Crippen LogP contribution in [-0.2, 0) is 9.84 Å². The largest absolute Gasteiger partial charge is 0.329 e. The smallest absolute Gasteiger partial charge is 0.152 e. The average Bonchev–Trinajstić information content (AvgIpc) is 2.37. The highest BCUT2D eigenvalue weighted by atomic mass is 32.2. The van der Waals surface area contributed by atoms with Crippen LogP contribution in [0.15, 0.2) is 0 Å². The van der Waals surface area contributed by atoms with Crippen molar-refractivity contribution in [3.63, 3.8) is 0 Å². The highest BCUT2D eigenvalue weighted by Crippen LogP contribution is 2.29. The molecule has 112 valence electrons. The molecule has 0 bridgehead atoms. The average molecular weight is 289 g/mol. The molecule has 19 heavy (non-hydrogen) atoms. The molecule has 0 aromatic rings. The van der Waals surface area contributed by atoms with Gasteiger partial charge in [-0.15, -0.1) is 0 Å². The second kappa shape index (κ2) is 5.68. The molecule has 0 spiro atoms. The van der Waals surface area contributed by atoms with E-state index in [9.17, 15) is 8.42 Å². The van der Waals surface area contributed by atoms with Gasteiger partial charge in [0.25, 0.3) is 0 Å². The van der Waals surface area contributed by atoms with Crippen LogP contribution >= 0.6 is 0 Å². The molecule has 0 amide bonds. The molecular weight excluding hydrogens is 262 g/mol. The number of nitrogens with zero attached hydrogens (tertiary/aromatic N) is 2. The van der Waals surface area contributed by atoms with Gasteiger partial charge in [-0.1, -0.05) is 0 Å². The Morgan fingerprint density at radius 1 is 1.21 bits per heavy atom. The molecule has 2 aliphatic rings. The number of rotatable bonds is 3. The molecule has 6 heteroatoms. The molecule has 0 aliphatic carbocycles. The number of nitrogens with two attached hydrogens (primary N) is 1. The number of sulfone groups is 1. The number of piperazine rings is 1. The summed E-state index contributed by atoms with van der Waals surface area (Å²) in [6.07, 6.45) is 1.67. The molecule has 1 unspecified atom stereocenters. The van der Waals surface area contributed by atoms with Crippen LogP contribution in [0.3, 0.4) is 0 Å². The minimum Gasteiger partial charge on any atom is -0.329 e. The minimum absolute atomic E-state index is 0.248. The summed E-state index contributed by atoms with van der Waals surface area (Å²) in [6.45, 7) is 8.77. The minimum atomic E-state index is -2.92. The second-order valence-corrected chi connectivity index (χ2v) is 8.42. The summed E-state index contributed by atoms with van der Waals surface area (Å²) in [7, 11) is -2.92. The Bertz CT molecular complexity index is 402. The first kappa shape index (κ1) is 15.2. The lowest BCUT2D eigenvalue weighted by molar-refractivity contribution is 0.0303. The standard InChI is InChI=1S/C13H27N3O2S/c1-12(2)15-5-7-16(8-6-15)13(10-14)4-3-9-19(17,18)11-13/h12H,3-11,14H2,1-2H3. The molecule has 2 saturated heterocycles. The van der Waals surface area contributed by atoms with E-state index in [1.54, 1.807) is 0 Å². The van der Waals surface area contributed by atoms with Gasteiger partial charge >= 0.3 is 0 Å². The van der Waals surface area contributed by atoms with Gasteiger partial charge in [0.05, 0.1) is 11.5 Å². The monoisotopic (exact) mass is 289 g/mol. The zero-order valence-corrected chi connectivity index (χ0v) is 13.0. The van der Waals surface area contributed by atoms with E-state index in [0.717, 1.165) is 39.0 Å². The molecule has 1 atom stereocenters. The van der Waals surface area contributed by atoms with Crippen molar-refractivity contribution in [2.24, 2.45) is 5.73 Å². The van der Waals surface area contributed by atoms with Gasteiger partial charge in [0.1, 0.15) is 0 Å². The van der Waals surface area contributed by atoms with Gasteiger partial charge in [-0.25, -0.2) is 8.42 Å². The van der Waals surface area contributed by atoms with Crippen molar-refractivity contribution >= 4 is 9.84 Å². The third-order valence-electron chi connectivity index (χ3n) is 4.68. The van der Waals surface area contributed by atoms with Crippen molar-refractivity contribution in [3.05, 3.63) is 0 Å². The summed E-state index contributed by atoms with van der Waals surface area (Å²) in [5.74, 6) is 0.582. The van der Waals surface area contributed by atoms with Crippen LogP contribution in [-0.4, -0.2) is 74.0 Å². The topological polar surface area (TPSA) is 66.6 Å². The maximum absolute atomic E-state index is 11.9. The van der Waals surface area contributed by atoms with Gasteiger partial charge in [-0.05, 0) is 26.7 Å². The van der Waals surface area contributed by atoms with Crippen LogP contribution in [0.2, 0.25) is 0 Å². The maximum atomic E-state index is 11.9. The van der Waals surface area contributed by atoms with Gasteiger partial charge in [-0.2, -0.15) is 0 Å². The summed E-state index contributed by atoms with van der Waals surface area (Å²) < 4.78 is 23.9. The van der Waals surface area contributed by atoms with Crippen molar-refractivity contribution in [2.45, 2.75) is 38.3 Å². The Morgan fingerprint density at radius 2 is 1.84 bits per heavy atom. The van der Waals surface area contributed by atoms with Crippen molar-refractivity contribution in [2.75, 3.05) is 44.2 Å². The first-order valence-electron chi connectivity index (χ1n) is 7.28. The Labute approximate surface area is 117 Å². The number of hydrogen-bond donors (Lipinski definition) is 1. The normalized spacial score (nSPS) is 33.7. The Hall–Kier alpha value is -0.170. The first-order chi connectivity index (χ1) is 8.88. The van der Waals surface area contributed by atoms with E-state index < -0.39 is 9.84 Å². The van der Waals surface area contributed by atoms with Crippen LogP contribution in [0, 0.1) is 0 Å². The van der Waals surface area contributed by atoms with Crippen LogP contribution in [0.4, 0.5) is 0 Å². The van der Waals surface area contributed by atoms with Crippen molar-refractivity contribution < 1.29 is 8.42 Å². The molecule has 5 nitrogen and oxygen atoms in total. The first-order valence-corrected chi connectivity index (χ1v) is 9.10. The van der Waals surface area contributed by atoms with E-state index >= 15 is 0 Å². The highest BCUT2D eigenvalue weighted by Gasteiger charge is 2.43. The summed E-state index contributed by atoms with van der Waals surface area (Å²) in [6, 6.07) is 0.561. The zero-order valence-electron chi connectivity index (χ0n) is 12.1. The van der Waals surface area contributed by atoms with Gasteiger partial charge in [0.2, 0.25) is 0 Å². The summed E-state index contributed by atoms with van der Waals surface area (Å²) in [5.41, 5.74) is 5.66. The fourth-order valence-electron chi connectivity index (χ4n) is 3.43. The third kappa shape index (κ3) is 3.29. The number of hydrogen-bond acceptors (Lipinski definition) is 5. The van der Waals surface area contributed by atoms with Gasteiger partial charge in [0.15, 0.2) is 9.84 Å². The highest BCUT2D eigenvalue weighted by molar-refractivity contribution is 7.91. The van der Waals surface area contributed by atoms with Gasteiger partial charge in [0, 0.05) is 44.3 Å². The summed E-state index contributed by atoms with van der Waals surface area (Å²) in [5, 5.41) is 0. The Morgan fingerprint density at radius 3 is 2.32 bits per heavy atom. The van der Waals surface area contributed by atoms with Crippen molar-refractivity contribution in [3.8, 4) is 0 Å². The molecule has 2 fully saturated rings. The maximum Gasteiger partial charge on any atom is 0.152 e. The van der Waals surface area contributed by atoms with E-state index in [-0.39, 0.29) is 11.3 Å². The Kier molecular flexibility index (Phi) is 4.55. The predicted octanol–water partition coefficient (Wildman–Crippen LogP) is -0.0815. The summed E-state index contributed by atoms with van der Waals surface area (Å²) in [4.78, 5) is 4.78. The lowest BCUT2D eigenvalue weighted by Gasteiger charge is -2.49. The van der Waals surface area contributed by atoms with Gasteiger partial charge < -0.3 is 5.73 Å². The van der Waals surface area contributed by atoms with E-state index in [1.807, 2.05) is 0 Å². The Balaban J connectivity index is 2.07. The van der Waals surface area contributed by atoms with Crippen LogP contribution in [0.25, 0.3) is 0 Å². The van der Waals surface area contributed by atoms with E-state index in [2.05, 4.69) is 23.6 Å². The lowest BCUT2D eigenvalue weighted by Crippen LogP contribution is -2.64. The SMILES string of the molecule is CC(C)N1CCN(C2(CN)CCCS(=O)(=O)C2)CC1. The molecule has 0 aromatic carbocycles. The van der Waals surface area contributed by atoms with Crippen LogP contribution in [0.1, 0.15) is 26.7 Å². The fraction of sp³-hybridized carbons (Fsp3) is 1.00. The second-order valence-electron chi connectivity index (χ2n) is 6.24. The van der Waals surface area contributed by atoms with E-state index in [4.69, 9.17) is 5.73 Å². The molecule has 2 heterocycles. The molecule has 2 aliphatic heterocycles. The molecule has 2 rings (SSSR count). The van der Waals surface area contributed by atoms with Crippen molar-refractivity contribution in [1.29, 1.82) is 0 Å². The zero-order chi connectivity index (χ0) is 14.1. The van der Waals surface area contributed by atoms with Crippen molar-refractivity contribution in [1.82, 2.24) is 9.80 Å². The molecule has 0 radical (unpaired) electrons. The van der Waals surface area contributed by atoms with Crippen LogP contribution in [0.5, 0.6) is 0 Å². The predicted molar refractivity (Wildman–Crippen MR) is 78.0 cm³/mol. The van der Waals surface area contributed by atoms with E-state index in [1.165, 1.54) is 0 Å². The lowest BCUT2D eigenvalue weighted by atomic mass is 9.92.